The molecular weight excluding hydrogens is 230 g/mol. The Balaban J connectivity index is 2.36. The molecule has 0 aliphatic heterocycles. The number of hydrogen-bond acceptors (Lipinski definition) is 3. The first-order valence-electron chi connectivity index (χ1n) is 5.86. The molecule has 1 aromatic carbocycles. The summed E-state index contributed by atoms with van der Waals surface area (Å²) in [5.41, 5.74) is 0. The molecule has 0 radical (unpaired) electrons. The van der Waals surface area contributed by atoms with Gasteiger partial charge in [-0.05, 0) is 19.2 Å². The molecule has 0 aromatic heterocycles. The van der Waals surface area contributed by atoms with E-state index in [1.165, 1.54) is 0 Å². The Morgan fingerprint density at radius 3 is 2.35 bits per heavy atom. The molecule has 0 spiro atoms. The van der Waals surface area contributed by atoms with Crippen molar-refractivity contribution in [1.82, 2.24) is 4.57 Å². The van der Waals surface area contributed by atoms with Crippen molar-refractivity contribution in [2.75, 3.05) is 13.6 Å². The van der Waals surface area contributed by atoms with Crippen LogP contribution >= 0.6 is 0 Å². The molecule has 4 heteroatoms. The summed E-state index contributed by atoms with van der Waals surface area (Å²) < 4.78 is 7.50. The van der Waals surface area contributed by atoms with Gasteiger partial charge in [0.25, 0.3) is 0 Å². The highest BCUT2D eigenvalue weighted by atomic mass is 28.3. The molecule has 0 aliphatic rings. The minimum absolute atomic E-state index is 0.165. The van der Waals surface area contributed by atoms with Crippen molar-refractivity contribution in [2.45, 2.75) is 26.1 Å². The number of carbonyl (C=O) groups is 1. The molecule has 0 saturated carbocycles. The number of rotatable bonds is 5. The van der Waals surface area contributed by atoms with Crippen LogP contribution in [0.5, 0.6) is 5.75 Å². The second-order valence-electron chi connectivity index (χ2n) is 5.13. The van der Waals surface area contributed by atoms with E-state index in [2.05, 4.69) is 31.3 Å². The number of benzene rings is 1. The van der Waals surface area contributed by atoms with Crippen molar-refractivity contribution < 1.29 is 9.53 Å². The summed E-state index contributed by atoms with van der Waals surface area (Å²) in [6, 6.07) is 9.20. The molecule has 3 nitrogen and oxygen atoms in total. The average molecular weight is 251 g/mol. The SMILES string of the molecule is CN(CCC(=O)Oc1ccccc1)[Si](C)(C)C. The number of carbonyl (C=O) groups excluding carboxylic acids is 1. The summed E-state index contributed by atoms with van der Waals surface area (Å²) in [6.45, 7) is 7.54. The van der Waals surface area contributed by atoms with Gasteiger partial charge in [0.15, 0.2) is 0 Å². The molecule has 17 heavy (non-hydrogen) atoms. The van der Waals surface area contributed by atoms with Crippen LogP contribution in [0, 0.1) is 0 Å². The van der Waals surface area contributed by atoms with Crippen molar-refractivity contribution in [3.63, 3.8) is 0 Å². The molecule has 0 fully saturated rings. The lowest BCUT2D eigenvalue weighted by Gasteiger charge is -2.29. The Hall–Kier alpha value is -1.13. The van der Waals surface area contributed by atoms with Crippen molar-refractivity contribution in [2.24, 2.45) is 0 Å². The predicted molar refractivity (Wildman–Crippen MR) is 72.7 cm³/mol. The first kappa shape index (κ1) is 13.9. The summed E-state index contributed by atoms with van der Waals surface area (Å²) in [5, 5.41) is 0. The van der Waals surface area contributed by atoms with Crippen LogP contribution < -0.4 is 4.74 Å². The highest BCUT2D eigenvalue weighted by Crippen LogP contribution is 2.10. The molecule has 1 aromatic rings. The molecule has 0 bridgehead atoms. The Morgan fingerprint density at radius 2 is 1.82 bits per heavy atom. The van der Waals surface area contributed by atoms with Crippen LogP contribution in [-0.4, -0.2) is 32.4 Å². The van der Waals surface area contributed by atoms with E-state index in [-0.39, 0.29) is 5.97 Å². The maximum atomic E-state index is 11.6. The molecule has 0 saturated heterocycles. The lowest BCUT2D eigenvalue weighted by molar-refractivity contribution is -0.134. The van der Waals surface area contributed by atoms with Gasteiger partial charge in [0.1, 0.15) is 14.0 Å². The first-order valence-corrected chi connectivity index (χ1v) is 9.31. The van der Waals surface area contributed by atoms with Crippen LogP contribution in [0.4, 0.5) is 0 Å². The van der Waals surface area contributed by atoms with Gasteiger partial charge in [-0.15, -0.1) is 0 Å². The fraction of sp³-hybridized carbons (Fsp3) is 0.462. The lowest BCUT2D eigenvalue weighted by Crippen LogP contribution is -2.44. The molecular formula is C13H21NO2Si. The van der Waals surface area contributed by atoms with Crippen molar-refractivity contribution >= 4 is 14.2 Å². The average Bonchev–Trinajstić information content (AvgIpc) is 2.26. The van der Waals surface area contributed by atoms with E-state index in [0.29, 0.717) is 12.2 Å². The highest BCUT2D eigenvalue weighted by Gasteiger charge is 2.20. The van der Waals surface area contributed by atoms with E-state index in [1.54, 1.807) is 12.1 Å². The van der Waals surface area contributed by atoms with Gasteiger partial charge in [0, 0.05) is 6.54 Å². The van der Waals surface area contributed by atoms with Gasteiger partial charge in [-0.2, -0.15) is 0 Å². The quantitative estimate of drug-likeness (QED) is 0.458. The topological polar surface area (TPSA) is 29.5 Å². The number of nitrogens with zero attached hydrogens (tertiary/aromatic N) is 1. The summed E-state index contributed by atoms with van der Waals surface area (Å²) in [5.74, 6) is 0.453. The molecule has 94 valence electrons. The van der Waals surface area contributed by atoms with Gasteiger partial charge in [-0.3, -0.25) is 4.79 Å². The van der Waals surface area contributed by atoms with Crippen LogP contribution in [0.15, 0.2) is 30.3 Å². The molecule has 0 amide bonds. The maximum absolute atomic E-state index is 11.6. The molecule has 0 unspecified atom stereocenters. The minimum atomic E-state index is -1.29. The molecule has 0 N–H and O–H groups in total. The van der Waals surface area contributed by atoms with Crippen LogP contribution in [0.2, 0.25) is 19.6 Å². The zero-order chi connectivity index (χ0) is 12.9. The fourth-order valence-corrected chi connectivity index (χ4v) is 2.05. The number of para-hydroxylation sites is 1. The Labute approximate surface area is 104 Å². The lowest BCUT2D eigenvalue weighted by atomic mass is 10.3. The minimum Gasteiger partial charge on any atom is -0.426 e. The third kappa shape index (κ3) is 5.15. The monoisotopic (exact) mass is 251 g/mol. The standard InChI is InChI=1S/C13H21NO2Si/c1-14(17(2,3)4)11-10-13(15)16-12-8-6-5-7-9-12/h5-9H,10-11H2,1-4H3. The zero-order valence-corrected chi connectivity index (χ0v) is 12.1. The summed E-state index contributed by atoms with van der Waals surface area (Å²) in [4.78, 5) is 11.6. The Kier molecular flexibility index (Phi) is 4.90. The van der Waals surface area contributed by atoms with Crippen molar-refractivity contribution in [3.8, 4) is 5.75 Å². The molecule has 0 aliphatic carbocycles. The van der Waals surface area contributed by atoms with Crippen LogP contribution in [0.1, 0.15) is 6.42 Å². The largest absolute Gasteiger partial charge is 0.426 e. The zero-order valence-electron chi connectivity index (χ0n) is 11.1. The van der Waals surface area contributed by atoms with E-state index in [0.717, 1.165) is 6.54 Å². The summed E-state index contributed by atoms with van der Waals surface area (Å²) in [6.07, 6.45) is 0.440. The summed E-state index contributed by atoms with van der Waals surface area (Å²) >= 11 is 0. The van der Waals surface area contributed by atoms with Crippen LogP contribution in [-0.2, 0) is 4.79 Å². The first-order chi connectivity index (χ1) is 7.89. The second-order valence-corrected chi connectivity index (χ2v) is 10.2. The van der Waals surface area contributed by atoms with Gasteiger partial charge in [0.05, 0.1) is 6.42 Å². The summed E-state index contributed by atoms with van der Waals surface area (Å²) in [7, 11) is 0.778. The normalized spacial score (nSPS) is 11.6. The second kappa shape index (κ2) is 5.98. The van der Waals surface area contributed by atoms with Crippen LogP contribution in [0.3, 0.4) is 0 Å². The number of hydrogen-bond donors (Lipinski definition) is 0. The van der Waals surface area contributed by atoms with E-state index in [9.17, 15) is 4.79 Å². The van der Waals surface area contributed by atoms with Crippen molar-refractivity contribution in [3.05, 3.63) is 30.3 Å². The van der Waals surface area contributed by atoms with Crippen LogP contribution in [0.25, 0.3) is 0 Å². The van der Waals surface area contributed by atoms with E-state index < -0.39 is 8.24 Å². The van der Waals surface area contributed by atoms with Gasteiger partial charge >= 0.3 is 5.97 Å². The van der Waals surface area contributed by atoms with E-state index >= 15 is 0 Å². The van der Waals surface area contributed by atoms with Gasteiger partial charge in [-0.1, -0.05) is 37.8 Å². The van der Waals surface area contributed by atoms with E-state index in [1.807, 2.05) is 18.2 Å². The van der Waals surface area contributed by atoms with Gasteiger partial charge in [-0.25, -0.2) is 0 Å². The Morgan fingerprint density at radius 1 is 1.24 bits per heavy atom. The third-order valence-electron chi connectivity index (χ3n) is 2.77. The third-order valence-corrected chi connectivity index (χ3v) is 5.29. The fourth-order valence-electron chi connectivity index (χ4n) is 1.27. The van der Waals surface area contributed by atoms with E-state index in [4.69, 9.17) is 4.74 Å². The van der Waals surface area contributed by atoms with Gasteiger partial charge in [0.2, 0.25) is 0 Å². The highest BCUT2D eigenvalue weighted by molar-refractivity contribution is 6.73. The Bertz CT molecular complexity index is 359. The van der Waals surface area contributed by atoms with Crippen molar-refractivity contribution in [1.29, 1.82) is 0 Å². The molecule has 0 atom stereocenters. The number of esters is 1. The van der Waals surface area contributed by atoms with Gasteiger partial charge < -0.3 is 9.30 Å². The number of ether oxygens (including phenoxy) is 1. The molecule has 1 rings (SSSR count). The molecule has 0 heterocycles. The maximum Gasteiger partial charge on any atom is 0.312 e. The smallest absolute Gasteiger partial charge is 0.312 e. The predicted octanol–water partition coefficient (Wildman–Crippen LogP) is 2.75.